The number of nitrogens with two attached hydrogens (primary N) is 3. The van der Waals surface area contributed by atoms with E-state index in [1.807, 2.05) is 68.7 Å². The molecule has 0 aliphatic carbocycles. The van der Waals surface area contributed by atoms with E-state index < -0.39 is 0 Å². The molecule has 39 heavy (non-hydrogen) atoms. The van der Waals surface area contributed by atoms with Gasteiger partial charge in [-0.3, -0.25) is 14.0 Å². The molecule has 0 aliphatic heterocycles. The second kappa shape index (κ2) is 11.7. The van der Waals surface area contributed by atoms with E-state index >= 15 is 0 Å². The van der Waals surface area contributed by atoms with Crippen LogP contribution in [0.5, 0.6) is 0 Å². The largest absolute Gasteiger partial charge is 0.383 e. The second-order valence-corrected chi connectivity index (χ2v) is 8.25. The normalized spacial score (nSPS) is 11.5. The van der Waals surface area contributed by atoms with Crippen LogP contribution in [0.15, 0.2) is 87.5 Å². The van der Waals surface area contributed by atoms with E-state index in [9.17, 15) is 4.79 Å². The Morgan fingerprint density at radius 2 is 1.74 bits per heavy atom. The number of hydrogen-bond donors (Lipinski definition) is 3. The van der Waals surface area contributed by atoms with Gasteiger partial charge in [0.1, 0.15) is 29.4 Å². The third kappa shape index (κ3) is 5.61. The van der Waals surface area contributed by atoms with Crippen LogP contribution in [0, 0.1) is 0 Å². The zero-order valence-electron chi connectivity index (χ0n) is 21.7. The SMILES string of the molecule is CCc1nc2cccc(-c3cnn(C)c3)c2c(=O)n1-c1ccccc1.CN=N/N=C(\N)c1c(N)ncnc1N. The summed E-state index contributed by atoms with van der Waals surface area (Å²) in [4.78, 5) is 25.6. The van der Waals surface area contributed by atoms with Crippen LogP contribution in [0.25, 0.3) is 27.7 Å². The molecule has 0 atom stereocenters. The summed E-state index contributed by atoms with van der Waals surface area (Å²) in [6.45, 7) is 2.01. The Labute approximate surface area is 223 Å². The van der Waals surface area contributed by atoms with Crippen molar-refractivity contribution in [2.75, 3.05) is 18.5 Å². The van der Waals surface area contributed by atoms with Crippen LogP contribution < -0.4 is 22.8 Å². The summed E-state index contributed by atoms with van der Waals surface area (Å²) in [6.07, 6.45) is 5.60. The van der Waals surface area contributed by atoms with Crippen LogP contribution in [0.3, 0.4) is 0 Å². The van der Waals surface area contributed by atoms with Gasteiger partial charge < -0.3 is 17.2 Å². The van der Waals surface area contributed by atoms with Crippen molar-refractivity contribution < 1.29 is 0 Å². The van der Waals surface area contributed by atoms with Crippen molar-refractivity contribution in [3.8, 4) is 16.8 Å². The number of para-hydroxylation sites is 1. The van der Waals surface area contributed by atoms with Gasteiger partial charge in [0.15, 0.2) is 5.84 Å². The summed E-state index contributed by atoms with van der Waals surface area (Å²) in [5, 5.41) is 15.1. The molecule has 0 unspecified atom stereocenters. The topological polar surface area (TPSA) is 194 Å². The minimum atomic E-state index is -0.0486. The molecule has 0 radical (unpaired) electrons. The number of aryl methyl sites for hydroxylation is 2. The maximum absolute atomic E-state index is 13.4. The van der Waals surface area contributed by atoms with Crippen LogP contribution in [0.2, 0.25) is 0 Å². The third-order valence-corrected chi connectivity index (χ3v) is 5.72. The fraction of sp³-hybridized carbons (Fsp3) is 0.154. The van der Waals surface area contributed by atoms with Gasteiger partial charge in [-0.05, 0) is 29.0 Å². The highest BCUT2D eigenvalue weighted by Crippen LogP contribution is 2.26. The van der Waals surface area contributed by atoms with Crippen LogP contribution >= 0.6 is 0 Å². The Kier molecular flexibility index (Phi) is 8.00. The summed E-state index contributed by atoms with van der Waals surface area (Å²) < 4.78 is 3.44. The van der Waals surface area contributed by atoms with Crippen LogP contribution in [0.1, 0.15) is 18.3 Å². The van der Waals surface area contributed by atoms with Gasteiger partial charge >= 0.3 is 0 Å². The van der Waals surface area contributed by atoms with Crippen molar-refractivity contribution in [2.45, 2.75) is 13.3 Å². The summed E-state index contributed by atoms with van der Waals surface area (Å²) in [5.74, 6) is 1.10. The number of fused-ring (bicyclic) bond motifs is 1. The predicted molar refractivity (Wildman–Crippen MR) is 151 cm³/mol. The lowest BCUT2D eigenvalue weighted by atomic mass is 10.0. The number of aromatic nitrogens is 6. The molecule has 0 bridgehead atoms. The van der Waals surface area contributed by atoms with Gasteiger partial charge in [-0.2, -0.15) is 10.2 Å². The van der Waals surface area contributed by atoms with Gasteiger partial charge in [-0.1, -0.05) is 37.3 Å². The molecule has 0 saturated heterocycles. The molecule has 0 saturated carbocycles. The zero-order chi connectivity index (χ0) is 27.9. The van der Waals surface area contributed by atoms with Crippen molar-refractivity contribution in [3.63, 3.8) is 0 Å². The molecular formula is C26H28N12O. The van der Waals surface area contributed by atoms with Gasteiger partial charge in [-0.15, -0.1) is 5.10 Å². The van der Waals surface area contributed by atoms with Crippen molar-refractivity contribution in [1.82, 2.24) is 29.3 Å². The van der Waals surface area contributed by atoms with Crippen molar-refractivity contribution in [3.05, 3.63) is 89.0 Å². The van der Waals surface area contributed by atoms with E-state index in [4.69, 9.17) is 22.2 Å². The maximum Gasteiger partial charge on any atom is 0.266 e. The van der Waals surface area contributed by atoms with Crippen molar-refractivity contribution in [2.24, 2.45) is 28.2 Å². The van der Waals surface area contributed by atoms with Crippen LogP contribution in [-0.2, 0) is 13.5 Å². The quantitative estimate of drug-likeness (QED) is 0.135. The van der Waals surface area contributed by atoms with Gasteiger partial charge in [-0.25, -0.2) is 15.0 Å². The molecule has 13 nitrogen and oxygen atoms in total. The van der Waals surface area contributed by atoms with Gasteiger partial charge in [0.05, 0.1) is 29.8 Å². The minimum absolute atomic E-state index is 0.0335. The molecule has 198 valence electrons. The highest BCUT2D eigenvalue weighted by molar-refractivity contribution is 6.04. The Morgan fingerprint density at radius 3 is 2.36 bits per heavy atom. The molecule has 5 aromatic rings. The molecular weight excluding hydrogens is 496 g/mol. The van der Waals surface area contributed by atoms with E-state index in [0.29, 0.717) is 11.8 Å². The molecule has 6 N–H and O–H groups in total. The molecule has 2 aromatic carbocycles. The first-order valence-electron chi connectivity index (χ1n) is 11.9. The lowest BCUT2D eigenvalue weighted by Crippen LogP contribution is -2.24. The Balaban J connectivity index is 0.000000215. The number of amidine groups is 1. The standard InChI is InChI=1S/C20H18N4O.C6H10N8/c1-3-18-22-17-11-7-10-16(14-12-21-23(2)13-14)19(17)20(25)24(18)15-8-5-4-6-9-15;1-10-14-13-6(9)3-4(7)11-2-12-5(3)8/h4-13H,3H2,1-2H3;2H,1H3,(H2,9,10,13)(H4,7,8,11,12). The maximum atomic E-state index is 13.4. The predicted octanol–water partition coefficient (Wildman–Crippen LogP) is 2.69. The number of anilines is 2. The highest BCUT2D eigenvalue weighted by Gasteiger charge is 2.16. The highest BCUT2D eigenvalue weighted by atomic mass is 16.1. The minimum Gasteiger partial charge on any atom is -0.383 e. The van der Waals surface area contributed by atoms with Gasteiger partial charge in [0.2, 0.25) is 0 Å². The summed E-state index contributed by atoms with van der Waals surface area (Å²) >= 11 is 0. The van der Waals surface area contributed by atoms with E-state index in [2.05, 4.69) is 30.5 Å². The average Bonchev–Trinajstić information content (AvgIpc) is 3.38. The first-order chi connectivity index (χ1) is 18.8. The first kappa shape index (κ1) is 26.6. The Hall–Kier alpha value is -5.46. The number of benzene rings is 2. The monoisotopic (exact) mass is 524 g/mol. The van der Waals surface area contributed by atoms with Gasteiger partial charge in [0.25, 0.3) is 5.56 Å². The molecule has 3 heterocycles. The molecule has 3 aromatic heterocycles. The van der Waals surface area contributed by atoms with E-state index in [1.165, 1.54) is 13.4 Å². The fourth-order valence-corrected chi connectivity index (χ4v) is 3.98. The van der Waals surface area contributed by atoms with Crippen molar-refractivity contribution >= 4 is 28.4 Å². The summed E-state index contributed by atoms with van der Waals surface area (Å²) in [6, 6.07) is 15.4. The smallest absolute Gasteiger partial charge is 0.266 e. The molecule has 0 spiro atoms. The fourth-order valence-electron chi connectivity index (χ4n) is 3.98. The third-order valence-electron chi connectivity index (χ3n) is 5.72. The molecule has 13 heteroatoms. The molecule has 0 fully saturated rings. The van der Waals surface area contributed by atoms with E-state index in [1.54, 1.807) is 15.4 Å². The van der Waals surface area contributed by atoms with Crippen LogP contribution in [0.4, 0.5) is 11.6 Å². The zero-order valence-corrected chi connectivity index (χ0v) is 21.7. The summed E-state index contributed by atoms with van der Waals surface area (Å²) in [5.41, 5.74) is 20.1. The van der Waals surface area contributed by atoms with E-state index in [0.717, 1.165) is 28.2 Å². The lowest BCUT2D eigenvalue weighted by molar-refractivity contribution is 0.768. The van der Waals surface area contributed by atoms with Gasteiger partial charge in [0, 0.05) is 25.2 Å². The molecule has 0 aliphatic rings. The average molecular weight is 525 g/mol. The molecule has 0 amide bonds. The summed E-state index contributed by atoms with van der Waals surface area (Å²) in [7, 11) is 3.33. The Bertz CT molecular complexity index is 1700. The number of nitrogen functional groups attached to an aromatic ring is 2. The van der Waals surface area contributed by atoms with Crippen molar-refractivity contribution in [1.29, 1.82) is 0 Å². The number of nitrogens with zero attached hydrogens (tertiary/aromatic N) is 9. The first-order valence-corrected chi connectivity index (χ1v) is 11.9. The van der Waals surface area contributed by atoms with E-state index in [-0.39, 0.29) is 28.6 Å². The lowest BCUT2D eigenvalue weighted by Gasteiger charge is -2.14. The Morgan fingerprint density at radius 1 is 1.03 bits per heavy atom. The number of rotatable bonds is 5. The number of hydrogen-bond acceptors (Lipinski definition) is 9. The van der Waals surface area contributed by atoms with Crippen LogP contribution in [-0.4, -0.2) is 42.2 Å². The molecule has 5 rings (SSSR count). The second-order valence-electron chi connectivity index (χ2n) is 8.25.